The first-order valence-electron chi connectivity index (χ1n) is 6.08. The fourth-order valence-corrected chi connectivity index (χ4v) is 3.29. The van der Waals surface area contributed by atoms with E-state index in [1.165, 1.54) is 0 Å². The van der Waals surface area contributed by atoms with Crippen LogP contribution in [0.3, 0.4) is 0 Å². The molecule has 0 saturated heterocycles. The fraction of sp³-hybridized carbons (Fsp3) is 1.00. The molecule has 3 nitrogen and oxygen atoms in total. The maximum Gasteiger partial charge on any atom is 0.297 e. The standard InChI is InChI=1S/C11H27IN3/c1-7-13(8-2)15(12,11(5)6)14(9-3)10-4/h11H,7-10H2,1-6H3/q+1. The van der Waals surface area contributed by atoms with Crippen LogP contribution in [0.25, 0.3) is 0 Å². The number of nitrogens with zero attached hydrogens (tertiary/aromatic N) is 3. The van der Waals surface area contributed by atoms with Gasteiger partial charge in [-0.15, -0.1) is 12.9 Å². The summed E-state index contributed by atoms with van der Waals surface area (Å²) in [5.41, 5.74) is 0. The first kappa shape index (κ1) is 15.6. The minimum Gasteiger partial charge on any atom is -0.128 e. The van der Waals surface area contributed by atoms with Crippen molar-refractivity contribution in [1.82, 2.24) is 10.0 Å². The molecule has 0 unspecified atom stereocenters. The van der Waals surface area contributed by atoms with E-state index in [1.54, 1.807) is 0 Å². The van der Waals surface area contributed by atoms with E-state index in [4.69, 9.17) is 0 Å². The molecule has 0 spiro atoms. The lowest BCUT2D eigenvalue weighted by Gasteiger charge is -2.47. The van der Waals surface area contributed by atoms with E-state index in [2.05, 4.69) is 74.4 Å². The Morgan fingerprint density at radius 1 is 0.867 bits per heavy atom. The Bertz CT molecular complexity index is 153. The first-order valence-corrected chi connectivity index (χ1v) is 7.04. The van der Waals surface area contributed by atoms with Gasteiger partial charge in [0.25, 0.3) is 22.9 Å². The average molecular weight is 328 g/mol. The molecule has 0 aliphatic heterocycles. The van der Waals surface area contributed by atoms with Crippen molar-refractivity contribution in [3.63, 3.8) is 0 Å². The molecule has 0 aliphatic rings. The van der Waals surface area contributed by atoms with Crippen molar-refractivity contribution < 1.29 is 2.91 Å². The third-order valence-corrected chi connectivity index (χ3v) is 5.25. The highest BCUT2D eigenvalue weighted by molar-refractivity contribution is 14.1. The molecular weight excluding hydrogens is 301 g/mol. The number of hydrogen-bond acceptors (Lipinski definition) is 2. The van der Waals surface area contributed by atoms with Gasteiger partial charge in [-0.3, -0.25) is 0 Å². The molecule has 0 aliphatic carbocycles. The molecule has 0 aromatic carbocycles. The second-order valence-electron chi connectivity index (χ2n) is 3.94. The molecule has 0 rings (SSSR count). The SMILES string of the molecule is CCN(CC)[N+](I)(C(C)C)N(CC)CC. The maximum atomic E-state index is 2.58. The third kappa shape index (κ3) is 3.28. The highest BCUT2D eigenvalue weighted by Crippen LogP contribution is 2.28. The number of rotatable bonds is 7. The van der Waals surface area contributed by atoms with Gasteiger partial charge in [-0.2, -0.15) is 0 Å². The second-order valence-corrected chi connectivity index (χ2v) is 5.36. The van der Waals surface area contributed by atoms with Gasteiger partial charge in [0.2, 0.25) is 0 Å². The van der Waals surface area contributed by atoms with Crippen LogP contribution >= 0.6 is 22.9 Å². The van der Waals surface area contributed by atoms with Crippen molar-refractivity contribution in [2.45, 2.75) is 47.6 Å². The highest BCUT2D eigenvalue weighted by atomic mass is 127. The lowest BCUT2D eigenvalue weighted by Crippen LogP contribution is -2.65. The fourth-order valence-electron chi connectivity index (χ4n) is 2.07. The van der Waals surface area contributed by atoms with E-state index in [0.29, 0.717) is 6.04 Å². The van der Waals surface area contributed by atoms with E-state index >= 15 is 0 Å². The Morgan fingerprint density at radius 2 is 1.13 bits per heavy atom. The van der Waals surface area contributed by atoms with Gasteiger partial charge in [0.1, 0.15) is 6.04 Å². The molecule has 15 heavy (non-hydrogen) atoms. The maximum absolute atomic E-state index is 2.58. The summed E-state index contributed by atoms with van der Waals surface area (Å²) in [7, 11) is 0. The van der Waals surface area contributed by atoms with Crippen LogP contribution in [0.2, 0.25) is 0 Å². The molecule has 4 heteroatoms. The summed E-state index contributed by atoms with van der Waals surface area (Å²) in [6, 6.07) is 0.574. The predicted octanol–water partition coefficient (Wildman–Crippen LogP) is 3.08. The summed E-state index contributed by atoms with van der Waals surface area (Å²) in [4.78, 5) is 0. The largest absolute Gasteiger partial charge is 0.297 e. The third-order valence-electron chi connectivity index (χ3n) is 2.91. The highest BCUT2D eigenvalue weighted by Gasteiger charge is 2.41. The van der Waals surface area contributed by atoms with Crippen LogP contribution < -0.4 is 0 Å². The zero-order valence-corrected chi connectivity index (χ0v) is 13.3. The van der Waals surface area contributed by atoms with E-state index in [-0.39, 0.29) is 0 Å². The van der Waals surface area contributed by atoms with Crippen LogP contribution in [0, 0.1) is 0 Å². The Balaban J connectivity index is 5.01. The second kappa shape index (κ2) is 7.04. The lowest BCUT2D eigenvalue weighted by molar-refractivity contribution is -1.00. The summed E-state index contributed by atoms with van der Waals surface area (Å²) >= 11 is 2.58. The van der Waals surface area contributed by atoms with Crippen LogP contribution in [0.5, 0.6) is 0 Å². The number of quaternary nitrogens is 1. The number of hydrogen-bond donors (Lipinski definition) is 0. The van der Waals surface area contributed by atoms with Crippen LogP contribution in [0.1, 0.15) is 41.5 Å². The molecule has 0 aromatic rings. The molecule has 0 atom stereocenters. The molecule has 0 N–H and O–H groups in total. The van der Waals surface area contributed by atoms with Gasteiger partial charge in [0.15, 0.2) is 0 Å². The molecule has 0 fully saturated rings. The molecule has 92 valence electrons. The Kier molecular flexibility index (Phi) is 7.32. The molecule has 0 amide bonds. The minimum absolute atomic E-state index is 0.574. The number of halogens is 1. The molecule has 0 radical (unpaired) electrons. The van der Waals surface area contributed by atoms with Crippen LogP contribution in [-0.2, 0) is 0 Å². The topological polar surface area (TPSA) is 6.48 Å². The normalized spacial score (nSPS) is 13.2. The summed E-state index contributed by atoms with van der Waals surface area (Å²) < 4.78 is 0.901. The van der Waals surface area contributed by atoms with E-state index in [9.17, 15) is 0 Å². The monoisotopic (exact) mass is 328 g/mol. The van der Waals surface area contributed by atoms with Crippen molar-refractivity contribution in [3.05, 3.63) is 0 Å². The van der Waals surface area contributed by atoms with Crippen molar-refractivity contribution in [2.75, 3.05) is 26.2 Å². The molecule has 0 aromatic heterocycles. The quantitative estimate of drug-likeness (QED) is 0.403. The van der Waals surface area contributed by atoms with Crippen LogP contribution in [0.4, 0.5) is 0 Å². The van der Waals surface area contributed by atoms with Gasteiger partial charge in [0.05, 0.1) is 0 Å². The Hall–Kier alpha value is 0.610. The summed E-state index contributed by atoms with van der Waals surface area (Å²) in [5, 5.41) is 5.00. The molecule has 0 bridgehead atoms. The van der Waals surface area contributed by atoms with Gasteiger partial charge >= 0.3 is 0 Å². The Labute approximate surface area is 109 Å². The summed E-state index contributed by atoms with van der Waals surface area (Å²) in [5.74, 6) is 0. The van der Waals surface area contributed by atoms with E-state index in [0.717, 1.165) is 29.1 Å². The van der Waals surface area contributed by atoms with Crippen molar-refractivity contribution in [1.29, 1.82) is 0 Å². The lowest BCUT2D eigenvalue weighted by atomic mass is 10.4. The van der Waals surface area contributed by atoms with Crippen LogP contribution in [-0.4, -0.2) is 45.2 Å². The van der Waals surface area contributed by atoms with Gasteiger partial charge in [-0.05, 0) is 41.5 Å². The Morgan fingerprint density at radius 3 is 1.27 bits per heavy atom. The van der Waals surface area contributed by atoms with Gasteiger partial charge in [0, 0.05) is 26.2 Å². The zero-order chi connectivity index (χ0) is 12.1. The van der Waals surface area contributed by atoms with Crippen LogP contribution in [0.15, 0.2) is 0 Å². The van der Waals surface area contributed by atoms with Gasteiger partial charge in [-0.25, -0.2) is 0 Å². The molecular formula is C11H27IN3+. The summed E-state index contributed by atoms with van der Waals surface area (Å²) in [6.45, 7) is 17.9. The van der Waals surface area contributed by atoms with Crippen molar-refractivity contribution in [3.8, 4) is 0 Å². The van der Waals surface area contributed by atoms with E-state index < -0.39 is 0 Å². The minimum atomic E-state index is 0.574. The van der Waals surface area contributed by atoms with Gasteiger partial charge in [-0.1, -0.05) is 0 Å². The van der Waals surface area contributed by atoms with Gasteiger partial charge < -0.3 is 0 Å². The molecule has 0 heterocycles. The smallest absolute Gasteiger partial charge is 0.128 e. The van der Waals surface area contributed by atoms with Crippen molar-refractivity contribution >= 4 is 22.9 Å². The first-order chi connectivity index (χ1) is 6.98. The predicted molar refractivity (Wildman–Crippen MR) is 75.3 cm³/mol. The van der Waals surface area contributed by atoms with Crippen molar-refractivity contribution in [2.24, 2.45) is 0 Å². The molecule has 0 saturated carbocycles. The zero-order valence-electron chi connectivity index (χ0n) is 11.1. The average Bonchev–Trinajstić information content (AvgIpc) is 2.21. The van der Waals surface area contributed by atoms with E-state index in [1.807, 2.05) is 0 Å². The summed E-state index contributed by atoms with van der Waals surface area (Å²) in [6.07, 6.45) is 0.